The van der Waals surface area contributed by atoms with E-state index >= 15 is 0 Å². The molecule has 8 heteroatoms. The summed E-state index contributed by atoms with van der Waals surface area (Å²) in [5.74, 6) is -0.170. The second-order valence-corrected chi connectivity index (χ2v) is 7.51. The molecule has 0 aliphatic heterocycles. The lowest BCUT2D eigenvalue weighted by atomic mass is 10.1. The highest BCUT2D eigenvalue weighted by Crippen LogP contribution is 2.36. The van der Waals surface area contributed by atoms with Crippen molar-refractivity contribution in [3.8, 4) is 11.4 Å². The molecular formula is C23H20N6O2. The number of carboxylic acids is 1. The minimum absolute atomic E-state index is 0.189. The van der Waals surface area contributed by atoms with Gasteiger partial charge in [-0.15, -0.1) is 0 Å². The molecule has 0 aliphatic rings. The highest BCUT2D eigenvalue weighted by Gasteiger charge is 2.20. The number of benzene rings is 1. The van der Waals surface area contributed by atoms with Crippen LogP contribution >= 0.6 is 0 Å². The summed E-state index contributed by atoms with van der Waals surface area (Å²) < 4.78 is 1.80. The summed E-state index contributed by atoms with van der Waals surface area (Å²) in [4.78, 5) is 25.7. The Hall–Kier alpha value is -4.20. The molecule has 2 N–H and O–H groups in total. The maximum absolute atomic E-state index is 11.6. The van der Waals surface area contributed by atoms with Gasteiger partial charge in [0, 0.05) is 31.9 Å². The van der Waals surface area contributed by atoms with E-state index in [1.165, 1.54) is 12.3 Å². The summed E-state index contributed by atoms with van der Waals surface area (Å²) in [6.45, 7) is 2.01. The molecule has 0 atom stereocenters. The molecule has 0 amide bonds. The van der Waals surface area contributed by atoms with Crippen LogP contribution in [0.5, 0.6) is 0 Å². The monoisotopic (exact) mass is 412 g/mol. The summed E-state index contributed by atoms with van der Waals surface area (Å²) in [5.41, 5.74) is 5.76. The molecule has 0 unspecified atom stereocenters. The van der Waals surface area contributed by atoms with Crippen LogP contribution in [-0.2, 0) is 7.05 Å². The molecular weight excluding hydrogens is 392 g/mol. The number of carbonyl (C=O) groups is 1. The van der Waals surface area contributed by atoms with Gasteiger partial charge in [0.15, 0.2) is 0 Å². The van der Waals surface area contributed by atoms with E-state index in [0.717, 1.165) is 39.4 Å². The van der Waals surface area contributed by atoms with Crippen LogP contribution in [0.2, 0.25) is 0 Å². The van der Waals surface area contributed by atoms with Crippen molar-refractivity contribution in [1.29, 1.82) is 0 Å². The van der Waals surface area contributed by atoms with Crippen molar-refractivity contribution in [3.63, 3.8) is 0 Å². The number of nitrogens with one attached hydrogen (secondary N) is 1. The molecule has 31 heavy (non-hydrogen) atoms. The topological polar surface area (TPSA) is 99.9 Å². The fourth-order valence-electron chi connectivity index (χ4n) is 3.91. The molecule has 0 fully saturated rings. The number of nitrogens with zero attached hydrogens (tertiary/aromatic N) is 5. The van der Waals surface area contributed by atoms with Crippen LogP contribution in [0.15, 0.2) is 54.9 Å². The van der Waals surface area contributed by atoms with Gasteiger partial charge in [-0.1, -0.05) is 18.2 Å². The number of H-pyrrole nitrogens is 1. The van der Waals surface area contributed by atoms with Gasteiger partial charge in [0.2, 0.25) is 0 Å². The fraction of sp³-hybridized carbons (Fsp3) is 0.130. The number of pyridine rings is 2. The SMILES string of the molecule is Cc1ccc(N(C)c2cccc3c(-c4cc5nccc(C(=O)O)c5[nH]4)n(C)nc23)nc1. The number of aromatic carboxylic acids is 1. The normalized spacial score (nSPS) is 11.3. The Balaban J connectivity index is 1.68. The number of fused-ring (bicyclic) bond motifs is 2. The molecule has 154 valence electrons. The Kier molecular flexibility index (Phi) is 4.21. The van der Waals surface area contributed by atoms with E-state index in [1.54, 1.807) is 4.68 Å². The van der Waals surface area contributed by atoms with Crippen LogP contribution in [-0.4, -0.2) is 42.9 Å². The van der Waals surface area contributed by atoms with Gasteiger partial charge in [0.05, 0.1) is 33.7 Å². The van der Waals surface area contributed by atoms with E-state index in [0.29, 0.717) is 11.0 Å². The van der Waals surface area contributed by atoms with Crippen LogP contribution < -0.4 is 4.90 Å². The van der Waals surface area contributed by atoms with Gasteiger partial charge >= 0.3 is 5.97 Å². The zero-order valence-corrected chi connectivity index (χ0v) is 17.3. The molecule has 1 aromatic carbocycles. The largest absolute Gasteiger partial charge is 0.478 e. The fourth-order valence-corrected chi connectivity index (χ4v) is 3.91. The van der Waals surface area contributed by atoms with Gasteiger partial charge in [-0.2, -0.15) is 5.10 Å². The van der Waals surface area contributed by atoms with Crippen LogP contribution in [0.25, 0.3) is 33.3 Å². The molecule has 5 rings (SSSR count). The van der Waals surface area contributed by atoms with E-state index in [-0.39, 0.29) is 5.56 Å². The van der Waals surface area contributed by atoms with Crippen molar-refractivity contribution in [2.45, 2.75) is 6.92 Å². The first kappa shape index (κ1) is 18.8. The first-order valence-electron chi connectivity index (χ1n) is 9.77. The zero-order chi connectivity index (χ0) is 21.7. The first-order chi connectivity index (χ1) is 14.9. The van der Waals surface area contributed by atoms with E-state index in [4.69, 9.17) is 5.10 Å². The smallest absolute Gasteiger partial charge is 0.337 e. The number of hydrogen-bond acceptors (Lipinski definition) is 5. The number of anilines is 2. The van der Waals surface area contributed by atoms with E-state index < -0.39 is 5.97 Å². The molecule has 0 saturated carbocycles. The summed E-state index contributed by atoms with van der Waals surface area (Å²) in [6.07, 6.45) is 3.35. The average Bonchev–Trinajstić information content (AvgIpc) is 3.32. The Morgan fingerprint density at radius 2 is 2.00 bits per heavy atom. The molecule has 5 aromatic rings. The quantitative estimate of drug-likeness (QED) is 0.457. The van der Waals surface area contributed by atoms with Gasteiger partial charge in [-0.3, -0.25) is 9.67 Å². The molecule has 0 saturated heterocycles. The molecule has 4 heterocycles. The second kappa shape index (κ2) is 6.94. The lowest BCUT2D eigenvalue weighted by Crippen LogP contribution is -2.11. The van der Waals surface area contributed by atoms with Gasteiger partial charge in [0.25, 0.3) is 0 Å². The van der Waals surface area contributed by atoms with Gasteiger partial charge in [-0.05, 0) is 36.8 Å². The number of aryl methyl sites for hydroxylation is 2. The predicted molar refractivity (Wildman–Crippen MR) is 120 cm³/mol. The number of rotatable bonds is 4. The average molecular weight is 412 g/mol. The van der Waals surface area contributed by atoms with Crippen molar-refractivity contribution in [3.05, 3.63) is 66.0 Å². The summed E-state index contributed by atoms with van der Waals surface area (Å²) in [7, 11) is 3.84. The summed E-state index contributed by atoms with van der Waals surface area (Å²) >= 11 is 0. The molecule has 0 aliphatic carbocycles. The maximum atomic E-state index is 11.6. The number of hydrogen-bond donors (Lipinski definition) is 2. The van der Waals surface area contributed by atoms with Crippen molar-refractivity contribution in [1.82, 2.24) is 24.7 Å². The summed E-state index contributed by atoms with van der Waals surface area (Å²) in [5, 5.41) is 15.2. The van der Waals surface area contributed by atoms with Crippen molar-refractivity contribution < 1.29 is 9.90 Å². The summed E-state index contributed by atoms with van der Waals surface area (Å²) in [6, 6.07) is 13.4. The van der Waals surface area contributed by atoms with Gasteiger partial charge in [0.1, 0.15) is 11.3 Å². The third-order valence-corrected chi connectivity index (χ3v) is 5.45. The van der Waals surface area contributed by atoms with Gasteiger partial charge < -0.3 is 15.0 Å². The van der Waals surface area contributed by atoms with Crippen molar-refractivity contribution in [2.24, 2.45) is 7.05 Å². The Morgan fingerprint density at radius 1 is 1.16 bits per heavy atom. The predicted octanol–water partition coefficient (Wildman–Crippen LogP) is 4.29. The minimum Gasteiger partial charge on any atom is -0.478 e. The van der Waals surface area contributed by atoms with Crippen LogP contribution in [0.1, 0.15) is 15.9 Å². The Labute approximate surface area is 177 Å². The third-order valence-electron chi connectivity index (χ3n) is 5.45. The number of carboxylic acid groups (broad SMARTS) is 1. The van der Waals surface area contributed by atoms with E-state index in [9.17, 15) is 9.90 Å². The van der Waals surface area contributed by atoms with E-state index in [2.05, 4.69) is 15.0 Å². The van der Waals surface area contributed by atoms with Crippen LogP contribution in [0.3, 0.4) is 0 Å². The molecule has 8 nitrogen and oxygen atoms in total. The van der Waals surface area contributed by atoms with Gasteiger partial charge in [-0.25, -0.2) is 9.78 Å². The molecule has 4 aromatic heterocycles. The molecule has 0 bridgehead atoms. The Morgan fingerprint density at radius 3 is 2.74 bits per heavy atom. The van der Waals surface area contributed by atoms with E-state index in [1.807, 2.05) is 68.5 Å². The van der Waals surface area contributed by atoms with Crippen molar-refractivity contribution >= 4 is 39.4 Å². The number of aromatic nitrogens is 5. The lowest BCUT2D eigenvalue weighted by Gasteiger charge is -2.18. The molecule has 0 radical (unpaired) electrons. The van der Waals surface area contributed by atoms with Crippen LogP contribution in [0, 0.1) is 6.92 Å². The highest BCUT2D eigenvalue weighted by molar-refractivity contribution is 6.05. The standard InChI is InChI=1S/C23H20N6O2/c1-13-7-8-19(25-12-13)28(2)18-6-4-5-14-21(18)27-29(3)22(14)17-11-16-20(26-17)15(23(30)31)9-10-24-16/h4-12,26H,1-3H3,(H,30,31). The minimum atomic E-state index is -0.995. The maximum Gasteiger partial charge on any atom is 0.337 e. The number of aromatic amines is 1. The Bertz CT molecular complexity index is 1450. The second-order valence-electron chi connectivity index (χ2n) is 7.51. The first-order valence-corrected chi connectivity index (χ1v) is 9.77. The van der Waals surface area contributed by atoms with Crippen LogP contribution in [0.4, 0.5) is 11.5 Å². The molecule has 0 spiro atoms. The third kappa shape index (κ3) is 3.00. The zero-order valence-electron chi connectivity index (χ0n) is 17.3. The highest BCUT2D eigenvalue weighted by atomic mass is 16.4. The van der Waals surface area contributed by atoms with Crippen molar-refractivity contribution in [2.75, 3.05) is 11.9 Å². The lowest BCUT2D eigenvalue weighted by molar-refractivity contribution is 0.0698.